The molecule has 0 radical (unpaired) electrons. The number of aldehydes is 1. The number of carbonyl (C=O) groups is 2. The Balaban J connectivity index is 2.12. The molecule has 0 aliphatic rings. The van der Waals surface area contributed by atoms with Gasteiger partial charge in [-0.1, -0.05) is 26.0 Å². The average molecular weight is 432 g/mol. The number of hydrogen-bond donors (Lipinski definition) is 2. The lowest BCUT2D eigenvalue weighted by atomic mass is 9.84. The number of aromatic nitrogens is 1. The van der Waals surface area contributed by atoms with E-state index in [0.29, 0.717) is 6.29 Å². The third-order valence-electron chi connectivity index (χ3n) is 5.11. The van der Waals surface area contributed by atoms with Gasteiger partial charge in [0.2, 0.25) is 0 Å². The number of halogens is 1. The summed E-state index contributed by atoms with van der Waals surface area (Å²) in [6.45, 7) is 7.36. The first kappa shape index (κ1) is 24.3. The Labute approximate surface area is 181 Å². The summed E-state index contributed by atoms with van der Waals surface area (Å²) in [7, 11) is 1.35. The van der Waals surface area contributed by atoms with Crippen molar-refractivity contribution >= 4 is 12.2 Å². The predicted molar refractivity (Wildman–Crippen MR) is 114 cm³/mol. The van der Waals surface area contributed by atoms with Crippen molar-refractivity contribution in [1.29, 1.82) is 0 Å². The molecule has 31 heavy (non-hydrogen) atoms. The van der Waals surface area contributed by atoms with Crippen molar-refractivity contribution in [1.82, 2.24) is 10.3 Å². The molecule has 0 aliphatic heterocycles. The highest BCUT2D eigenvalue weighted by Gasteiger charge is 2.32. The SMILES string of the molecule is COc1ccnc(C(=O)N[C@](C)(C=O)CO[C@@H](C)[C@H](c2ccc(F)cc2)C(C)C)c1O. The van der Waals surface area contributed by atoms with Crippen LogP contribution in [-0.2, 0) is 9.53 Å². The Morgan fingerprint density at radius 2 is 1.90 bits per heavy atom. The summed E-state index contributed by atoms with van der Waals surface area (Å²) in [5, 5.41) is 12.7. The minimum Gasteiger partial charge on any atom is -0.503 e. The molecule has 3 atom stereocenters. The van der Waals surface area contributed by atoms with Crippen LogP contribution in [-0.4, -0.2) is 47.6 Å². The van der Waals surface area contributed by atoms with Crippen LogP contribution in [0.1, 0.15) is 49.7 Å². The molecular formula is C23H29FN2O5. The zero-order valence-corrected chi connectivity index (χ0v) is 18.4. The lowest BCUT2D eigenvalue weighted by Gasteiger charge is -2.32. The Bertz CT molecular complexity index is 903. The Morgan fingerprint density at radius 1 is 1.26 bits per heavy atom. The molecule has 0 unspecified atom stereocenters. The molecule has 0 fully saturated rings. The van der Waals surface area contributed by atoms with Crippen LogP contribution >= 0.6 is 0 Å². The lowest BCUT2D eigenvalue weighted by Crippen LogP contribution is -2.52. The smallest absolute Gasteiger partial charge is 0.274 e. The van der Waals surface area contributed by atoms with E-state index in [0.717, 1.165) is 5.56 Å². The van der Waals surface area contributed by atoms with Crippen LogP contribution in [0.4, 0.5) is 4.39 Å². The summed E-state index contributed by atoms with van der Waals surface area (Å²) in [4.78, 5) is 28.3. The zero-order chi connectivity index (χ0) is 23.2. The van der Waals surface area contributed by atoms with E-state index in [1.165, 1.54) is 38.4 Å². The number of nitrogens with one attached hydrogen (secondary N) is 1. The van der Waals surface area contributed by atoms with Crippen molar-refractivity contribution in [2.75, 3.05) is 13.7 Å². The summed E-state index contributed by atoms with van der Waals surface area (Å²) < 4.78 is 24.3. The molecular weight excluding hydrogens is 403 g/mol. The Morgan fingerprint density at radius 3 is 2.45 bits per heavy atom. The molecule has 0 saturated heterocycles. The fourth-order valence-corrected chi connectivity index (χ4v) is 3.48. The van der Waals surface area contributed by atoms with E-state index in [1.54, 1.807) is 12.1 Å². The largest absolute Gasteiger partial charge is 0.503 e. The van der Waals surface area contributed by atoms with Gasteiger partial charge >= 0.3 is 0 Å². The summed E-state index contributed by atoms with van der Waals surface area (Å²) >= 11 is 0. The second kappa shape index (κ2) is 10.3. The van der Waals surface area contributed by atoms with Crippen LogP contribution in [0.5, 0.6) is 11.5 Å². The van der Waals surface area contributed by atoms with Gasteiger partial charge in [-0.3, -0.25) is 4.79 Å². The number of amides is 1. The molecule has 0 aliphatic carbocycles. The van der Waals surface area contributed by atoms with E-state index < -0.39 is 17.2 Å². The summed E-state index contributed by atoms with van der Waals surface area (Å²) in [6.07, 6.45) is 1.59. The summed E-state index contributed by atoms with van der Waals surface area (Å²) in [6, 6.07) is 7.66. The monoisotopic (exact) mass is 432 g/mol. The summed E-state index contributed by atoms with van der Waals surface area (Å²) in [5.74, 6) is -1.23. The van der Waals surface area contributed by atoms with Gasteiger partial charge in [-0.05, 0) is 37.5 Å². The van der Waals surface area contributed by atoms with Crippen molar-refractivity contribution < 1.29 is 28.6 Å². The molecule has 0 saturated carbocycles. The number of ether oxygens (including phenoxy) is 2. The van der Waals surface area contributed by atoms with E-state index in [1.807, 2.05) is 20.8 Å². The molecule has 2 N–H and O–H groups in total. The van der Waals surface area contributed by atoms with Gasteiger partial charge in [-0.15, -0.1) is 0 Å². The van der Waals surface area contributed by atoms with Crippen LogP contribution in [0, 0.1) is 11.7 Å². The number of carbonyl (C=O) groups excluding carboxylic acids is 2. The van der Waals surface area contributed by atoms with Gasteiger partial charge in [-0.25, -0.2) is 9.37 Å². The van der Waals surface area contributed by atoms with E-state index in [-0.39, 0.29) is 41.8 Å². The van der Waals surface area contributed by atoms with Crippen molar-refractivity contribution in [3.8, 4) is 11.5 Å². The molecule has 1 amide bonds. The summed E-state index contributed by atoms with van der Waals surface area (Å²) in [5.41, 5.74) is -0.689. The normalized spacial score (nSPS) is 15.1. The second-order valence-electron chi connectivity index (χ2n) is 8.04. The second-order valence-corrected chi connectivity index (χ2v) is 8.04. The molecule has 1 aromatic carbocycles. The maximum atomic E-state index is 13.3. The van der Waals surface area contributed by atoms with Gasteiger partial charge in [0, 0.05) is 18.2 Å². The van der Waals surface area contributed by atoms with Crippen LogP contribution in [0.2, 0.25) is 0 Å². The molecule has 2 rings (SSSR count). The number of rotatable bonds is 10. The van der Waals surface area contributed by atoms with E-state index in [2.05, 4.69) is 10.3 Å². The first-order chi connectivity index (χ1) is 14.6. The molecule has 2 aromatic rings. The maximum absolute atomic E-state index is 13.3. The first-order valence-electron chi connectivity index (χ1n) is 9.99. The third kappa shape index (κ3) is 6.01. The van der Waals surface area contributed by atoms with E-state index in [4.69, 9.17) is 9.47 Å². The fraction of sp³-hybridized carbons (Fsp3) is 0.435. The van der Waals surface area contributed by atoms with Gasteiger partial charge < -0.3 is 24.7 Å². The van der Waals surface area contributed by atoms with Crippen molar-refractivity contribution in [2.45, 2.75) is 45.3 Å². The first-order valence-corrected chi connectivity index (χ1v) is 9.99. The molecule has 1 aromatic heterocycles. The average Bonchev–Trinajstić information content (AvgIpc) is 2.73. The van der Waals surface area contributed by atoms with Crippen molar-refractivity contribution in [3.63, 3.8) is 0 Å². The fourth-order valence-electron chi connectivity index (χ4n) is 3.48. The number of benzene rings is 1. The van der Waals surface area contributed by atoms with Gasteiger partial charge in [0.15, 0.2) is 17.2 Å². The number of hydrogen-bond acceptors (Lipinski definition) is 6. The van der Waals surface area contributed by atoms with Gasteiger partial charge in [0.25, 0.3) is 5.91 Å². The molecule has 168 valence electrons. The number of nitrogens with zero attached hydrogens (tertiary/aromatic N) is 1. The Kier molecular flexibility index (Phi) is 8.10. The van der Waals surface area contributed by atoms with Crippen molar-refractivity contribution in [3.05, 3.63) is 53.6 Å². The quantitative estimate of drug-likeness (QED) is 0.558. The topological polar surface area (TPSA) is 97.8 Å². The highest BCUT2D eigenvalue weighted by atomic mass is 19.1. The van der Waals surface area contributed by atoms with E-state index in [9.17, 15) is 19.1 Å². The highest BCUT2D eigenvalue weighted by Crippen LogP contribution is 2.31. The van der Waals surface area contributed by atoms with Crippen molar-refractivity contribution in [2.24, 2.45) is 5.92 Å². The standard InChI is InChI=1S/C23H29FN2O5/c1-14(2)19(16-6-8-17(24)9-7-16)15(3)31-13-23(4,12-27)26-22(29)20-21(28)18(30-5)10-11-25-20/h6-12,14-15,19,28H,13H2,1-5H3,(H,26,29)/t15-,19+,23+/m0/s1. The molecule has 1 heterocycles. The number of aromatic hydroxyl groups is 1. The number of methoxy groups -OCH3 is 1. The molecule has 0 bridgehead atoms. The van der Waals surface area contributed by atoms with Gasteiger partial charge in [-0.2, -0.15) is 0 Å². The van der Waals surface area contributed by atoms with Crippen LogP contribution < -0.4 is 10.1 Å². The maximum Gasteiger partial charge on any atom is 0.274 e. The lowest BCUT2D eigenvalue weighted by molar-refractivity contribution is -0.116. The highest BCUT2D eigenvalue weighted by molar-refractivity contribution is 5.97. The van der Waals surface area contributed by atoms with Crippen LogP contribution in [0.25, 0.3) is 0 Å². The van der Waals surface area contributed by atoms with Crippen LogP contribution in [0.3, 0.4) is 0 Å². The molecule has 0 spiro atoms. The minimum absolute atomic E-state index is 0.0451. The van der Waals surface area contributed by atoms with Gasteiger partial charge in [0.1, 0.15) is 17.6 Å². The Hall–Kier alpha value is -3.00. The molecule has 8 heteroatoms. The van der Waals surface area contributed by atoms with E-state index >= 15 is 0 Å². The van der Waals surface area contributed by atoms with Crippen LogP contribution in [0.15, 0.2) is 36.5 Å². The third-order valence-corrected chi connectivity index (χ3v) is 5.11. The minimum atomic E-state index is -1.35. The molecule has 7 nitrogen and oxygen atoms in total. The van der Waals surface area contributed by atoms with Gasteiger partial charge in [0.05, 0.1) is 19.8 Å². The predicted octanol–water partition coefficient (Wildman–Crippen LogP) is 3.47. The zero-order valence-electron chi connectivity index (χ0n) is 18.4. The number of pyridine rings is 1.